The number of nitrogens with one attached hydrogen (secondary N) is 1. The minimum atomic E-state index is -0.640. The molecule has 0 radical (unpaired) electrons. The number of carbonyl (C=O) groups excluding carboxylic acids is 2. The summed E-state index contributed by atoms with van der Waals surface area (Å²) in [6.45, 7) is -0.409. The van der Waals surface area contributed by atoms with Crippen LogP contribution in [0.2, 0.25) is 0 Å². The van der Waals surface area contributed by atoms with Gasteiger partial charge in [-0.25, -0.2) is 4.79 Å². The van der Waals surface area contributed by atoms with Gasteiger partial charge in [0.1, 0.15) is 0 Å². The van der Waals surface area contributed by atoms with Crippen LogP contribution in [0.4, 0.5) is 11.4 Å². The largest absolute Gasteiger partial charge is 0.452 e. The summed E-state index contributed by atoms with van der Waals surface area (Å²) in [5.41, 5.74) is 7.07. The number of rotatable bonds is 4. The molecule has 26 heavy (non-hydrogen) atoms. The maximum Gasteiger partial charge on any atom is 0.340 e. The van der Waals surface area contributed by atoms with Crippen LogP contribution in [0, 0.1) is 0 Å². The van der Waals surface area contributed by atoms with Crippen molar-refractivity contribution in [2.45, 2.75) is 0 Å². The van der Waals surface area contributed by atoms with Gasteiger partial charge in [0.15, 0.2) is 6.61 Å². The monoisotopic (exact) mass is 476 g/mol. The van der Waals surface area contributed by atoms with E-state index in [2.05, 4.69) is 37.2 Å². The zero-order chi connectivity index (χ0) is 18.7. The number of fused-ring (bicyclic) bond motifs is 1. The van der Waals surface area contributed by atoms with E-state index < -0.39 is 18.5 Å². The second-order valence-corrected chi connectivity index (χ2v) is 7.31. The maximum atomic E-state index is 12.3. The standard InChI is InChI=1S/C19H14Br2N2O3/c20-13-5-6-17(15(21)9-13)23-18(24)10-26-19(25)14-7-11-3-1-2-4-12(11)8-16(14)22/h1-9H,10,22H2,(H,23,24). The number of nitrogens with two attached hydrogens (primary N) is 1. The fraction of sp³-hybridized carbons (Fsp3) is 0.0526. The van der Waals surface area contributed by atoms with Crippen molar-refractivity contribution in [1.82, 2.24) is 0 Å². The molecule has 0 spiro atoms. The summed E-state index contributed by atoms with van der Waals surface area (Å²) in [6.07, 6.45) is 0. The fourth-order valence-electron chi connectivity index (χ4n) is 2.42. The van der Waals surface area contributed by atoms with Gasteiger partial charge in [0, 0.05) is 14.6 Å². The number of amides is 1. The first-order valence-electron chi connectivity index (χ1n) is 7.64. The van der Waals surface area contributed by atoms with Gasteiger partial charge in [-0.1, -0.05) is 40.2 Å². The normalized spacial score (nSPS) is 10.5. The molecule has 0 saturated heterocycles. The van der Waals surface area contributed by atoms with Gasteiger partial charge in [0.05, 0.1) is 11.3 Å². The third kappa shape index (κ3) is 4.23. The van der Waals surface area contributed by atoms with E-state index >= 15 is 0 Å². The molecule has 3 aromatic rings. The van der Waals surface area contributed by atoms with E-state index in [0.717, 1.165) is 15.2 Å². The topological polar surface area (TPSA) is 81.4 Å². The van der Waals surface area contributed by atoms with Crippen LogP contribution in [0.3, 0.4) is 0 Å². The molecule has 0 aliphatic heterocycles. The molecule has 1 amide bonds. The van der Waals surface area contributed by atoms with Crippen molar-refractivity contribution in [2.75, 3.05) is 17.7 Å². The highest BCUT2D eigenvalue weighted by atomic mass is 79.9. The predicted octanol–water partition coefficient (Wildman–Crippen LogP) is 4.74. The van der Waals surface area contributed by atoms with Crippen molar-refractivity contribution >= 4 is 65.9 Å². The van der Waals surface area contributed by atoms with Crippen LogP contribution in [0.25, 0.3) is 10.8 Å². The summed E-state index contributed by atoms with van der Waals surface area (Å²) < 4.78 is 6.69. The second kappa shape index (κ2) is 7.88. The molecule has 0 unspecified atom stereocenters. The zero-order valence-corrected chi connectivity index (χ0v) is 16.6. The molecule has 132 valence electrons. The number of ether oxygens (including phenoxy) is 1. The lowest BCUT2D eigenvalue weighted by molar-refractivity contribution is -0.119. The van der Waals surface area contributed by atoms with Crippen LogP contribution < -0.4 is 11.1 Å². The Balaban J connectivity index is 1.66. The van der Waals surface area contributed by atoms with Gasteiger partial charge < -0.3 is 15.8 Å². The molecule has 0 atom stereocenters. The summed E-state index contributed by atoms with van der Waals surface area (Å²) in [7, 11) is 0. The van der Waals surface area contributed by atoms with Crippen molar-refractivity contribution < 1.29 is 14.3 Å². The average molecular weight is 478 g/mol. The molecule has 5 nitrogen and oxygen atoms in total. The Morgan fingerprint density at radius 2 is 1.69 bits per heavy atom. The molecule has 3 N–H and O–H groups in total. The van der Waals surface area contributed by atoms with E-state index in [4.69, 9.17) is 10.5 Å². The van der Waals surface area contributed by atoms with Crippen molar-refractivity contribution in [3.05, 3.63) is 69.1 Å². The molecule has 0 saturated carbocycles. The number of nitrogen functional groups attached to an aromatic ring is 1. The van der Waals surface area contributed by atoms with Crippen LogP contribution in [-0.2, 0) is 9.53 Å². The van der Waals surface area contributed by atoms with Gasteiger partial charge in [-0.15, -0.1) is 0 Å². The highest BCUT2D eigenvalue weighted by Gasteiger charge is 2.15. The third-order valence-electron chi connectivity index (χ3n) is 3.68. The van der Waals surface area contributed by atoms with E-state index in [-0.39, 0.29) is 5.56 Å². The highest BCUT2D eigenvalue weighted by molar-refractivity contribution is 9.11. The number of carbonyl (C=O) groups is 2. The molecular formula is C19H14Br2N2O3. The lowest BCUT2D eigenvalue weighted by Crippen LogP contribution is -2.21. The van der Waals surface area contributed by atoms with Gasteiger partial charge in [0.2, 0.25) is 0 Å². The Morgan fingerprint density at radius 1 is 1.00 bits per heavy atom. The predicted molar refractivity (Wildman–Crippen MR) is 109 cm³/mol. The average Bonchev–Trinajstić information content (AvgIpc) is 2.61. The number of hydrogen-bond donors (Lipinski definition) is 2. The van der Waals surface area contributed by atoms with Gasteiger partial charge in [-0.05, 0) is 57.0 Å². The van der Waals surface area contributed by atoms with E-state index in [9.17, 15) is 9.59 Å². The summed E-state index contributed by atoms with van der Waals surface area (Å²) in [5, 5.41) is 4.48. The van der Waals surface area contributed by atoms with Crippen molar-refractivity contribution in [1.29, 1.82) is 0 Å². The molecule has 3 rings (SSSR count). The number of anilines is 2. The molecule has 0 aromatic heterocycles. The minimum absolute atomic E-state index is 0.237. The van der Waals surface area contributed by atoms with Crippen molar-refractivity contribution in [3.8, 4) is 0 Å². The smallest absolute Gasteiger partial charge is 0.340 e. The Morgan fingerprint density at radius 3 is 2.38 bits per heavy atom. The fourth-order valence-corrected chi connectivity index (χ4v) is 3.57. The van der Waals surface area contributed by atoms with Gasteiger partial charge >= 0.3 is 5.97 Å². The van der Waals surface area contributed by atoms with Gasteiger partial charge in [-0.2, -0.15) is 0 Å². The SMILES string of the molecule is Nc1cc2ccccc2cc1C(=O)OCC(=O)Nc1ccc(Br)cc1Br. The third-order valence-corrected chi connectivity index (χ3v) is 4.83. The molecular weight excluding hydrogens is 464 g/mol. The molecule has 0 aliphatic carbocycles. The van der Waals surface area contributed by atoms with Crippen LogP contribution in [0.1, 0.15) is 10.4 Å². The Bertz CT molecular complexity index is 1010. The van der Waals surface area contributed by atoms with Crippen LogP contribution >= 0.6 is 31.9 Å². The van der Waals surface area contributed by atoms with Crippen LogP contribution in [-0.4, -0.2) is 18.5 Å². The first-order chi connectivity index (χ1) is 12.4. The second-order valence-electron chi connectivity index (χ2n) is 5.54. The first kappa shape index (κ1) is 18.4. The number of halogens is 2. The number of hydrogen-bond acceptors (Lipinski definition) is 4. The van der Waals surface area contributed by atoms with E-state index in [1.165, 1.54) is 0 Å². The first-order valence-corrected chi connectivity index (χ1v) is 9.23. The lowest BCUT2D eigenvalue weighted by atomic mass is 10.1. The molecule has 0 aliphatic rings. The summed E-state index contributed by atoms with van der Waals surface area (Å²) in [6, 6.07) is 16.3. The van der Waals surface area contributed by atoms with Crippen molar-refractivity contribution in [3.63, 3.8) is 0 Å². The Kier molecular flexibility index (Phi) is 5.58. The maximum absolute atomic E-state index is 12.3. The van der Waals surface area contributed by atoms with E-state index in [1.807, 2.05) is 24.3 Å². The Hall–Kier alpha value is -2.38. The molecule has 7 heteroatoms. The molecule has 3 aromatic carbocycles. The van der Waals surface area contributed by atoms with Gasteiger partial charge in [-0.3, -0.25) is 4.79 Å². The number of benzene rings is 3. The molecule has 0 heterocycles. The summed E-state index contributed by atoms with van der Waals surface area (Å²) in [5.74, 6) is -1.08. The van der Waals surface area contributed by atoms with Crippen molar-refractivity contribution in [2.24, 2.45) is 0 Å². The number of esters is 1. The minimum Gasteiger partial charge on any atom is -0.452 e. The zero-order valence-electron chi connectivity index (χ0n) is 13.5. The van der Waals surface area contributed by atoms with E-state index in [1.54, 1.807) is 30.3 Å². The highest BCUT2D eigenvalue weighted by Crippen LogP contribution is 2.26. The molecule has 0 fully saturated rings. The Labute approximate surface area is 166 Å². The van der Waals surface area contributed by atoms with Gasteiger partial charge in [0.25, 0.3) is 5.91 Å². The summed E-state index contributed by atoms with van der Waals surface area (Å²) >= 11 is 6.69. The summed E-state index contributed by atoms with van der Waals surface area (Å²) in [4.78, 5) is 24.3. The molecule has 0 bridgehead atoms. The quantitative estimate of drug-likeness (QED) is 0.420. The lowest BCUT2D eigenvalue weighted by Gasteiger charge is -2.10. The van der Waals surface area contributed by atoms with Crippen LogP contribution in [0.15, 0.2) is 63.5 Å². The van der Waals surface area contributed by atoms with Crippen LogP contribution in [0.5, 0.6) is 0 Å². The van der Waals surface area contributed by atoms with E-state index in [0.29, 0.717) is 15.8 Å².